The molecule has 0 unspecified atom stereocenters. The molecule has 112 valence electrons. The third-order valence-electron chi connectivity index (χ3n) is 4.08. The van der Waals surface area contributed by atoms with Crippen LogP contribution < -0.4 is 10.1 Å². The largest absolute Gasteiger partial charge is 0.487 e. The van der Waals surface area contributed by atoms with E-state index in [0.717, 1.165) is 22.6 Å². The maximum absolute atomic E-state index is 5.99. The number of anilines is 1. The molecule has 0 bridgehead atoms. The fourth-order valence-electron chi connectivity index (χ4n) is 2.65. The van der Waals surface area contributed by atoms with Gasteiger partial charge in [0.25, 0.3) is 0 Å². The summed E-state index contributed by atoms with van der Waals surface area (Å²) >= 11 is 0. The molecule has 0 atom stereocenters. The Bertz CT molecular complexity index is 791. The zero-order valence-corrected chi connectivity index (χ0v) is 12.6. The van der Waals surface area contributed by atoms with Crippen LogP contribution in [-0.4, -0.2) is 16.4 Å². The van der Waals surface area contributed by atoms with E-state index in [9.17, 15) is 0 Å². The topological polar surface area (TPSA) is 38.6 Å². The number of ether oxygens (including phenoxy) is 1. The highest BCUT2D eigenvalue weighted by atomic mass is 16.5. The van der Waals surface area contributed by atoms with Crippen LogP contribution in [0, 0.1) is 0 Å². The molecule has 0 amide bonds. The summed E-state index contributed by atoms with van der Waals surface area (Å²) in [4.78, 5) is 4.72. The van der Waals surface area contributed by atoms with Gasteiger partial charge in [-0.3, -0.25) is 0 Å². The van der Waals surface area contributed by atoms with Crippen molar-refractivity contribution in [3.63, 3.8) is 0 Å². The second-order valence-electron chi connectivity index (χ2n) is 5.78. The van der Waals surface area contributed by atoms with Crippen molar-refractivity contribution in [3.8, 4) is 5.75 Å². The minimum atomic E-state index is 0.557. The standard InChI is InChI=1S/C18H19N3O/c1-19-16-11-21-10-15(14-7-8-14)20-18(21)9-17(16)22-12-13-5-3-2-4-6-13/h2-6,9-11,14,19H,7-8,12H2,1H3. The lowest BCUT2D eigenvalue weighted by atomic mass is 10.2. The van der Waals surface area contributed by atoms with E-state index < -0.39 is 0 Å². The summed E-state index contributed by atoms with van der Waals surface area (Å²) in [5.41, 5.74) is 4.28. The van der Waals surface area contributed by atoms with Gasteiger partial charge in [-0.25, -0.2) is 4.98 Å². The van der Waals surface area contributed by atoms with Gasteiger partial charge in [0.05, 0.1) is 11.4 Å². The van der Waals surface area contributed by atoms with E-state index in [1.165, 1.54) is 18.5 Å². The van der Waals surface area contributed by atoms with Crippen LogP contribution in [0.1, 0.15) is 30.0 Å². The SMILES string of the molecule is CNc1cn2cc(C3CC3)nc2cc1OCc1ccccc1. The second-order valence-corrected chi connectivity index (χ2v) is 5.78. The highest BCUT2D eigenvalue weighted by Crippen LogP contribution is 2.40. The molecule has 0 saturated heterocycles. The lowest BCUT2D eigenvalue weighted by Crippen LogP contribution is -2.00. The summed E-state index contributed by atoms with van der Waals surface area (Å²) in [5.74, 6) is 1.50. The predicted molar refractivity (Wildman–Crippen MR) is 87.5 cm³/mol. The third kappa shape index (κ3) is 2.52. The monoisotopic (exact) mass is 293 g/mol. The Morgan fingerprint density at radius 2 is 2.05 bits per heavy atom. The lowest BCUT2D eigenvalue weighted by Gasteiger charge is -2.11. The molecule has 1 saturated carbocycles. The molecule has 1 aromatic carbocycles. The van der Waals surface area contributed by atoms with Crippen molar-refractivity contribution in [1.82, 2.24) is 9.38 Å². The average Bonchev–Trinajstić information content (AvgIpc) is 3.33. The van der Waals surface area contributed by atoms with Crippen LogP contribution in [0.2, 0.25) is 0 Å². The van der Waals surface area contributed by atoms with Crippen LogP contribution in [0.4, 0.5) is 5.69 Å². The number of imidazole rings is 1. The minimum Gasteiger partial charge on any atom is -0.487 e. The molecule has 4 nitrogen and oxygen atoms in total. The van der Waals surface area contributed by atoms with Gasteiger partial charge >= 0.3 is 0 Å². The van der Waals surface area contributed by atoms with E-state index in [1.54, 1.807) is 0 Å². The summed E-state index contributed by atoms with van der Waals surface area (Å²) in [6, 6.07) is 12.2. The van der Waals surface area contributed by atoms with Crippen LogP contribution in [0.25, 0.3) is 5.65 Å². The summed E-state index contributed by atoms with van der Waals surface area (Å²) < 4.78 is 8.07. The fraction of sp³-hybridized carbons (Fsp3) is 0.278. The minimum absolute atomic E-state index is 0.557. The maximum Gasteiger partial charge on any atom is 0.148 e. The second kappa shape index (κ2) is 5.37. The molecule has 0 spiro atoms. The molecule has 4 rings (SSSR count). The Kier molecular flexibility index (Phi) is 3.22. The zero-order valence-electron chi connectivity index (χ0n) is 12.6. The van der Waals surface area contributed by atoms with E-state index in [0.29, 0.717) is 12.5 Å². The van der Waals surface area contributed by atoms with Gasteiger partial charge in [0.15, 0.2) is 0 Å². The van der Waals surface area contributed by atoms with Gasteiger partial charge in [0.2, 0.25) is 0 Å². The molecule has 22 heavy (non-hydrogen) atoms. The average molecular weight is 293 g/mol. The lowest BCUT2D eigenvalue weighted by molar-refractivity contribution is 0.307. The first kappa shape index (κ1) is 13.2. The Balaban J connectivity index is 1.63. The fourth-order valence-corrected chi connectivity index (χ4v) is 2.65. The van der Waals surface area contributed by atoms with Gasteiger partial charge in [-0.05, 0) is 18.4 Å². The van der Waals surface area contributed by atoms with E-state index in [4.69, 9.17) is 9.72 Å². The van der Waals surface area contributed by atoms with Crippen molar-refractivity contribution in [1.29, 1.82) is 0 Å². The number of hydrogen-bond acceptors (Lipinski definition) is 3. The number of nitrogens with zero attached hydrogens (tertiary/aromatic N) is 2. The first-order valence-corrected chi connectivity index (χ1v) is 7.70. The molecule has 4 heteroatoms. The van der Waals surface area contributed by atoms with E-state index >= 15 is 0 Å². The van der Waals surface area contributed by atoms with E-state index in [1.807, 2.05) is 31.3 Å². The first-order chi connectivity index (χ1) is 10.8. The van der Waals surface area contributed by atoms with Crippen LogP contribution in [-0.2, 0) is 6.61 Å². The van der Waals surface area contributed by atoms with Crippen LogP contribution in [0.3, 0.4) is 0 Å². The molecular weight excluding hydrogens is 274 g/mol. The summed E-state index contributed by atoms with van der Waals surface area (Å²) in [7, 11) is 1.91. The quantitative estimate of drug-likeness (QED) is 0.777. The number of pyridine rings is 1. The molecule has 0 radical (unpaired) electrons. The van der Waals surface area contributed by atoms with Crippen molar-refractivity contribution < 1.29 is 4.74 Å². The molecule has 1 aliphatic rings. The number of fused-ring (bicyclic) bond motifs is 1. The Hall–Kier alpha value is -2.49. The Labute approximate surface area is 129 Å². The van der Waals surface area contributed by atoms with Crippen LogP contribution in [0.15, 0.2) is 48.8 Å². The predicted octanol–water partition coefficient (Wildman–Crippen LogP) is 3.83. The molecule has 2 heterocycles. The highest BCUT2D eigenvalue weighted by molar-refractivity contribution is 5.62. The number of hydrogen-bond donors (Lipinski definition) is 1. The Morgan fingerprint density at radius 3 is 2.77 bits per heavy atom. The zero-order chi connectivity index (χ0) is 14.9. The molecule has 3 aromatic rings. The molecule has 0 aliphatic heterocycles. The van der Waals surface area contributed by atoms with Gasteiger partial charge in [-0.15, -0.1) is 0 Å². The summed E-state index contributed by atoms with van der Waals surface area (Å²) in [6.45, 7) is 0.557. The number of aromatic nitrogens is 2. The van der Waals surface area contributed by atoms with E-state index in [-0.39, 0.29) is 0 Å². The van der Waals surface area contributed by atoms with E-state index in [2.05, 4.69) is 34.2 Å². The van der Waals surface area contributed by atoms with Crippen molar-refractivity contribution >= 4 is 11.3 Å². The van der Waals surface area contributed by atoms with Gasteiger partial charge < -0.3 is 14.5 Å². The molecule has 2 aromatic heterocycles. The van der Waals surface area contributed by atoms with Gasteiger partial charge in [-0.1, -0.05) is 30.3 Å². The highest BCUT2D eigenvalue weighted by Gasteiger charge is 2.26. The molecule has 1 fully saturated rings. The van der Waals surface area contributed by atoms with Crippen molar-refractivity contribution in [2.45, 2.75) is 25.4 Å². The number of rotatable bonds is 5. The van der Waals surface area contributed by atoms with Gasteiger partial charge in [-0.2, -0.15) is 0 Å². The smallest absolute Gasteiger partial charge is 0.148 e. The van der Waals surface area contributed by atoms with Crippen molar-refractivity contribution in [2.75, 3.05) is 12.4 Å². The van der Waals surface area contributed by atoms with Crippen molar-refractivity contribution in [3.05, 3.63) is 60.0 Å². The Morgan fingerprint density at radius 1 is 1.23 bits per heavy atom. The first-order valence-electron chi connectivity index (χ1n) is 7.70. The number of nitrogens with one attached hydrogen (secondary N) is 1. The van der Waals surface area contributed by atoms with Crippen molar-refractivity contribution in [2.24, 2.45) is 0 Å². The van der Waals surface area contributed by atoms with Gasteiger partial charge in [0.1, 0.15) is 18.0 Å². The summed E-state index contributed by atoms with van der Waals surface area (Å²) in [5, 5.41) is 3.20. The number of benzene rings is 1. The van der Waals surface area contributed by atoms with Gasteiger partial charge in [0, 0.05) is 31.4 Å². The van der Waals surface area contributed by atoms with Crippen LogP contribution >= 0.6 is 0 Å². The molecular formula is C18H19N3O. The molecule has 1 aliphatic carbocycles. The third-order valence-corrected chi connectivity index (χ3v) is 4.08. The maximum atomic E-state index is 5.99. The summed E-state index contributed by atoms with van der Waals surface area (Å²) in [6.07, 6.45) is 6.71. The molecule has 1 N–H and O–H groups in total. The normalized spacial score (nSPS) is 14.2. The van der Waals surface area contributed by atoms with Crippen LogP contribution in [0.5, 0.6) is 5.75 Å².